The second kappa shape index (κ2) is 9.60. The van der Waals surface area contributed by atoms with Crippen LogP contribution in [0.3, 0.4) is 0 Å². The van der Waals surface area contributed by atoms with Crippen LogP contribution in [0, 0.1) is 6.92 Å². The average molecular weight is 442 g/mol. The maximum absolute atomic E-state index is 12.1. The summed E-state index contributed by atoms with van der Waals surface area (Å²) in [6, 6.07) is 13.8. The zero-order chi connectivity index (χ0) is 20.8. The molecule has 3 aromatic rings. The Morgan fingerprint density at radius 1 is 1.17 bits per heavy atom. The highest BCUT2D eigenvalue weighted by atomic mass is 32.1. The van der Waals surface area contributed by atoms with Crippen LogP contribution in [0.25, 0.3) is 6.08 Å². The fourth-order valence-corrected chi connectivity index (χ4v) is 4.86. The second-order valence-electron chi connectivity index (χ2n) is 6.17. The van der Waals surface area contributed by atoms with Crippen molar-refractivity contribution in [2.75, 3.05) is 5.32 Å². The van der Waals surface area contributed by atoms with Gasteiger partial charge in [-0.2, -0.15) is 0 Å². The molecule has 0 unspecified atom stereocenters. The van der Waals surface area contributed by atoms with Gasteiger partial charge in [0.05, 0.1) is 5.56 Å². The van der Waals surface area contributed by atoms with Gasteiger partial charge < -0.3 is 11.1 Å². The Balaban J connectivity index is 1.72. The molecule has 2 heterocycles. The Hall–Kier alpha value is -2.81. The highest BCUT2D eigenvalue weighted by Crippen LogP contribution is 2.34. The van der Waals surface area contributed by atoms with Crippen LogP contribution < -0.4 is 16.4 Å². The number of nitrogens with one attached hydrogen (secondary N) is 2. The van der Waals surface area contributed by atoms with Crippen molar-refractivity contribution in [2.45, 2.75) is 13.3 Å². The molecule has 0 radical (unpaired) electrons. The zero-order valence-electron chi connectivity index (χ0n) is 15.6. The van der Waals surface area contributed by atoms with Crippen molar-refractivity contribution in [3.63, 3.8) is 0 Å². The van der Waals surface area contributed by atoms with Gasteiger partial charge in [0.15, 0.2) is 5.11 Å². The topological polar surface area (TPSA) is 84.2 Å². The third-order valence-corrected chi connectivity index (χ3v) is 6.35. The lowest BCUT2D eigenvalue weighted by molar-refractivity contribution is -0.115. The van der Waals surface area contributed by atoms with Crippen LogP contribution in [0.1, 0.15) is 31.2 Å². The fraction of sp³-hybridized carbons (Fsp3) is 0.0952. The first-order valence-electron chi connectivity index (χ1n) is 8.73. The van der Waals surface area contributed by atoms with Gasteiger partial charge in [-0.05, 0) is 47.8 Å². The van der Waals surface area contributed by atoms with E-state index in [1.807, 2.05) is 54.8 Å². The number of nitrogens with two attached hydrogens (primary N) is 1. The molecule has 0 spiro atoms. The lowest BCUT2D eigenvalue weighted by Gasteiger charge is -2.07. The third kappa shape index (κ3) is 5.60. The lowest BCUT2D eigenvalue weighted by atomic mass is 10.1. The first-order chi connectivity index (χ1) is 13.9. The molecule has 8 heteroatoms. The normalized spacial score (nSPS) is 10.8. The molecule has 3 rings (SSSR count). The number of carbonyl (C=O) groups is 2. The van der Waals surface area contributed by atoms with Gasteiger partial charge in [-0.1, -0.05) is 36.4 Å². The van der Waals surface area contributed by atoms with Crippen LogP contribution in [0.4, 0.5) is 5.00 Å². The van der Waals surface area contributed by atoms with Gasteiger partial charge in [-0.15, -0.1) is 22.7 Å². The Morgan fingerprint density at radius 2 is 1.93 bits per heavy atom. The molecule has 2 aromatic heterocycles. The SMILES string of the molecule is Cc1c(Cc2ccccc2)sc(NC(=S)NC(=O)/C=C/c2cccs2)c1C(N)=O. The molecule has 148 valence electrons. The standard InChI is InChI=1S/C21H19N3O2S3/c1-13-16(12-14-6-3-2-4-7-14)29-20(18(13)19(22)26)24-21(27)23-17(25)10-9-15-8-5-11-28-15/h2-11H,12H2,1H3,(H2,22,26)(H2,23,24,25,27)/b10-9+. The van der Waals surface area contributed by atoms with Crippen molar-refractivity contribution >= 4 is 62.9 Å². The molecule has 0 atom stereocenters. The molecule has 2 amide bonds. The number of hydrogen-bond donors (Lipinski definition) is 3. The minimum Gasteiger partial charge on any atom is -0.365 e. The van der Waals surface area contributed by atoms with Gasteiger partial charge in [0.25, 0.3) is 5.91 Å². The van der Waals surface area contributed by atoms with Gasteiger partial charge in [0, 0.05) is 22.3 Å². The number of thiophene rings is 2. The van der Waals surface area contributed by atoms with E-state index in [0.717, 1.165) is 20.9 Å². The van der Waals surface area contributed by atoms with Crippen LogP contribution in [0.5, 0.6) is 0 Å². The molecule has 0 aliphatic carbocycles. The lowest BCUT2D eigenvalue weighted by Crippen LogP contribution is -2.33. The average Bonchev–Trinajstić information content (AvgIpc) is 3.29. The Labute approximate surface area is 182 Å². The highest BCUT2D eigenvalue weighted by Gasteiger charge is 2.20. The summed E-state index contributed by atoms with van der Waals surface area (Å²) >= 11 is 8.18. The van der Waals surface area contributed by atoms with E-state index in [1.54, 1.807) is 6.08 Å². The molecule has 0 saturated carbocycles. The van der Waals surface area contributed by atoms with E-state index in [0.29, 0.717) is 17.0 Å². The predicted octanol–water partition coefficient (Wildman–Crippen LogP) is 4.33. The van der Waals surface area contributed by atoms with Crippen molar-refractivity contribution < 1.29 is 9.59 Å². The highest BCUT2D eigenvalue weighted by molar-refractivity contribution is 7.80. The number of primary amides is 1. The molecule has 1 aromatic carbocycles. The van der Waals surface area contributed by atoms with Crippen molar-refractivity contribution in [3.8, 4) is 0 Å². The van der Waals surface area contributed by atoms with E-state index in [2.05, 4.69) is 10.6 Å². The minimum atomic E-state index is -0.535. The van der Waals surface area contributed by atoms with Crippen molar-refractivity contribution in [3.05, 3.63) is 80.4 Å². The number of amides is 2. The van der Waals surface area contributed by atoms with E-state index in [1.165, 1.54) is 28.7 Å². The van der Waals surface area contributed by atoms with E-state index in [9.17, 15) is 9.59 Å². The van der Waals surface area contributed by atoms with E-state index < -0.39 is 5.91 Å². The number of hydrogen-bond acceptors (Lipinski definition) is 5. The number of anilines is 1. The van der Waals surface area contributed by atoms with Crippen LogP contribution in [0.15, 0.2) is 53.9 Å². The molecule has 5 nitrogen and oxygen atoms in total. The summed E-state index contributed by atoms with van der Waals surface area (Å²) in [6.45, 7) is 1.87. The Kier molecular flexibility index (Phi) is 6.92. The summed E-state index contributed by atoms with van der Waals surface area (Å²) in [6.07, 6.45) is 3.81. The third-order valence-electron chi connectivity index (χ3n) is 4.11. The maximum atomic E-state index is 12.1. The first kappa shape index (κ1) is 20.9. The Morgan fingerprint density at radius 3 is 2.59 bits per heavy atom. The van der Waals surface area contributed by atoms with Crippen molar-refractivity contribution in [2.24, 2.45) is 5.73 Å². The Bertz CT molecular complexity index is 1050. The molecule has 0 fully saturated rings. The van der Waals surface area contributed by atoms with E-state index in [4.69, 9.17) is 18.0 Å². The van der Waals surface area contributed by atoms with Crippen molar-refractivity contribution in [1.29, 1.82) is 0 Å². The summed E-state index contributed by atoms with van der Waals surface area (Å²) in [5, 5.41) is 8.12. The molecule has 0 aliphatic rings. The number of benzene rings is 1. The molecule has 0 saturated heterocycles. The largest absolute Gasteiger partial charge is 0.365 e. The van der Waals surface area contributed by atoms with E-state index >= 15 is 0 Å². The van der Waals surface area contributed by atoms with Gasteiger partial charge in [-0.3, -0.25) is 14.9 Å². The summed E-state index contributed by atoms with van der Waals surface area (Å²) < 4.78 is 0. The number of thiocarbonyl (C=S) groups is 1. The summed E-state index contributed by atoms with van der Waals surface area (Å²) in [5.74, 6) is -0.887. The van der Waals surface area contributed by atoms with Crippen LogP contribution in [-0.4, -0.2) is 16.9 Å². The van der Waals surface area contributed by atoms with Crippen LogP contribution in [0.2, 0.25) is 0 Å². The van der Waals surface area contributed by atoms with Gasteiger partial charge in [0.1, 0.15) is 5.00 Å². The quantitative estimate of drug-likeness (QED) is 0.393. The monoisotopic (exact) mass is 441 g/mol. The van der Waals surface area contributed by atoms with Crippen LogP contribution in [-0.2, 0) is 11.2 Å². The minimum absolute atomic E-state index is 0.112. The zero-order valence-corrected chi connectivity index (χ0v) is 18.0. The smallest absolute Gasteiger partial charge is 0.251 e. The predicted molar refractivity (Wildman–Crippen MR) is 125 cm³/mol. The summed E-state index contributed by atoms with van der Waals surface area (Å²) in [5.41, 5.74) is 7.94. The second-order valence-corrected chi connectivity index (χ2v) is 8.67. The molecular formula is C21H19N3O2S3. The summed E-state index contributed by atoms with van der Waals surface area (Å²) in [4.78, 5) is 26.0. The van der Waals surface area contributed by atoms with Gasteiger partial charge in [-0.25, -0.2) is 0 Å². The molecular weight excluding hydrogens is 422 g/mol. The molecule has 0 bridgehead atoms. The van der Waals surface area contributed by atoms with Crippen LogP contribution >= 0.6 is 34.9 Å². The van der Waals surface area contributed by atoms with Gasteiger partial charge >= 0.3 is 0 Å². The number of rotatable bonds is 6. The molecule has 0 aliphatic heterocycles. The maximum Gasteiger partial charge on any atom is 0.251 e. The first-order valence-corrected chi connectivity index (χ1v) is 10.8. The summed E-state index contributed by atoms with van der Waals surface area (Å²) in [7, 11) is 0. The molecule has 29 heavy (non-hydrogen) atoms. The fourth-order valence-electron chi connectivity index (χ4n) is 2.73. The number of carbonyl (C=O) groups excluding carboxylic acids is 2. The van der Waals surface area contributed by atoms with E-state index in [-0.39, 0.29) is 11.0 Å². The molecule has 4 N–H and O–H groups in total. The van der Waals surface area contributed by atoms with Crippen molar-refractivity contribution in [1.82, 2.24) is 5.32 Å². The van der Waals surface area contributed by atoms with Gasteiger partial charge in [0.2, 0.25) is 5.91 Å².